The molecule has 31 heavy (non-hydrogen) atoms. The van der Waals surface area contributed by atoms with Crippen LogP contribution in [0.1, 0.15) is 58.1 Å². The largest absolute Gasteiger partial charge is 0.517 e. The lowest BCUT2D eigenvalue weighted by Gasteiger charge is -2.58. The first kappa shape index (κ1) is 22.4. The van der Waals surface area contributed by atoms with Crippen molar-refractivity contribution in [1.82, 2.24) is 19.4 Å². The lowest BCUT2D eigenvalue weighted by atomic mass is 9.65. The molecule has 2 bridgehead atoms. The van der Waals surface area contributed by atoms with Crippen molar-refractivity contribution in [3.63, 3.8) is 0 Å². The molecule has 2 atom stereocenters. The first-order valence-electron chi connectivity index (χ1n) is 11.3. The van der Waals surface area contributed by atoms with Gasteiger partial charge in [-0.1, -0.05) is 18.2 Å². The van der Waals surface area contributed by atoms with E-state index in [1.54, 1.807) is 6.08 Å². The Morgan fingerprint density at radius 1 is 1.32 bits per heavy atom. The second-order valence-corrected chi connectivity index (χ2v) is 12.1. The Morgan fingerprint density at radius 2 is 2.06 bits per heavy atom. The molecule has 1 saturated carbocycles. The molecule has 0 amide bonds. The van der Waals surface area contributed by atoms with E-state index in [9.17, 15) is 4.21 Å². The van der Waals surface area contributed by atoms with Crippen molar-refractivity contribution in [1.29, 1.82) is 0 Å². The summed E-state index contributed by atoms with van der Waals surface area (Å²) >= 11 is 0. The number of nitrogens with one attached hydrogen (secondary N) is 1. The van der Waals surface area contributed by atoms with Crippen molar-refractivity contribution < 1.29 is 4.21 Å². The van der Waals surface area contributed by atoms with Gasteiger partial charge in [0.1, 0.15) is 0 Å². The highest BCUT2D eigenvalue weighted by Crippen LogP contribution is 2.50. The van der Waals surface area contributed by atoms with Crippen molar-refractivity contribution in [3.05, 3.63) is 54.9 Å². The van der Waals surface area contributed by atoms with Crippen LogP contribution in [-0.2, 0) is 18.0 Å². The average molecular weight is 440 g/mol. The van der Waals surface area contributed by atoms with Gasteiger partial charge in [-0.05, 0) is 76.1 Å². The summed E-state index contributed by atoms with van der Waals surface area (Å²) < 4.78 is 18.4. The summed E-state index contributed by atoms with van der Waals surface area (Å²) in [6.07, 6.45) is 10.4. The zero-order valence-corrected chi connectivity index (χ0v) is 20.0. The van der Waals surface area contributed by atoms with Gasteiger partial charge in [-0.2, -0.15) is 5.10 Å². The summed E-state index contributed by atoms with van der Waals surface area (Å²) in [5.74, 6) is 0.748. The van der Waals surface area contributed by atoms with E-state index in [0.717, 1.165) is 43.0 Å². The molecule has 168 valence electrons. The zero-order chi connectivity index (χ0) is 22.2. The summed E-state index contributed by atoms with van der Waals surface area (Å²) in [6.45, 7) is 13.8. The molecule has 0 radical (unpaired) electrons. The Hall–Kier alpha value is -1.76. The van der Waals surface area contributed by atoms with E-state index in [2.05, 4.69) is 39.0 Å². The minimum Gasteiger partial charge on any atom is -0.517 e. The molecule has 3 heterocycles. The smallest absolute Gasteiger partial charge is 0.0976 e. The first-order chi connectivity index (χ1) is 14.7. The molecule has 3 aliphatic rings. The molecule has 1 aromatic heterocycles. The number of piperidine rings is 2. The van der Waals surface area contributed by atoms with Gasteiger partial charge in [-0.15, -0.1) is 0 Å². The molecule has 2 aliphatic heterocycles. The van der Waals surface area contributed by atoms with Crippen LogP contribution in [0, 0.1) is 12.5 Å². The Bertz CT molecular complexity index is 952. The quantitative estimate of drug-likeness (QED) is 0.650. The summed E-state index contributed by atoms with van der Waals surface area (Å²) in [4.78, 5) is 2.54. The lowest BCUT2D eigenvalue weighted by Crippen LogP contribution is -2.64. The highest BCUT2D eigenvalue weighted by molar-refractivity contribution is 7.84. The lowest BCUT2D eigenvalue weighted by molar-refractivity contribution is -0.0473. The van der Waals surface area contributed by atoms with Crippen LogP contribution in [0.3, 0.4) is 0 Å². The van der Waals surface area contributed by atoms with Crippen LogP contribution < -0.4 is 4.72 Å². The van der Waals surface area contributed by atoms with Gasteiger partial charge in [0.05, 0.1) is 28.0 Å². The zero-order valence-electron chi connectivity index (χ0n) is 19.2. The highest BCUT2D eigenvalue weighted by Gasteiger charge is 2.51. The number of benzene rings is 1. The van der Waals surface area contributed by atoms with Crippen LogP contribution in [0.2, 0.25) is 0 Å². The standard InChI is InChI=1S/C25H35N4OS/c1-6-14-29-17-19-10-12-25(29,13-11-19)23(27-31(30)24(2,3)4)21-9-7-8-20(15-21)22-16-26-28(5)18-22/h1,6-9,15-16,18-19,23,27H,10-14,17H2,2-5H3/q-1. The maximum Gasteiger partial charge on any atom is 0.0976 e. The number of nitrogens with zero attached hydrogens (tertiary/aromatic N) is 3. The normalized spacial score (nSPS) is 26.0. The van der Waals surface area contributed by atoms with Crippen molar-refractivity contribution in [2.45, 2.75) is 62.8 Å². The number of aryl methyl sites for hydroxylation is 1. The van der Waals surface area contributed by atoms with Gasteiger partial charge in [0.25, 0.3) is 0 Å². The third-order valence-electron chi connectivity index (χ3n) is 6.98. The SMILES string of the molecule is [CH-]=CCN1CC2CCC1(C(NS(=O)C(C)(C)C)c1cccc(-c3cnn(C)c3)c1)CC2. The second kappa shape index (κ2) is 8.64. The Morgan fingerprint density at radius 3 is 2.68 bits per heavy atom. The average Bonchev–Trinajstić information content (AvgIpc) is 3.19. The fraction of sp³-hybridized carbons (Fsp3) is 0.560. The molecule has 3 fully saturated rings. The Labute approximate surface area is 189 Å². The number of fused-ring (bicyclic) bond motifs is 3. The number of rotatable bonds is 7. The van der Waals surface area contributed by atoms with Crippen molar-refractivity contribution in [2.24, 2.45) is 13.0 Å². The number of hydrogen-bond acceptors (Lipinski definition) is 3. The minimum absolute atomic E-state index is 0.0367. The minimum atomic E-state index is -1.18. The second-order valence-electron chi connectivity index (χ2n) is 10.1. The monoisotopic (exact) mass is 439 g/mol. The molecule has 2 unspecified atom stereocenters. The number of hydrogen-bond donors (Lipinski definition) is 1. The molecular weight excluding hydrogens is 404 g/mol. The summed E-state index contributed by atoms with van der Waals surface area (Å²) in [5, 5.41) is 4.34. The molecule has 6 heteroatoms. The maximum atomic E-state index is 13.3. The van der Waals surface area contributed by atoms with Crippen LogP contribution in [0.4, 0.5) is 0 Å². The molecule has 1 aromatic carbocycles. The first-order valence-corrected chi connectivity index (χ1v) is 12.4. The van der Waals surface area contributed by atoms with E-state index in [-0.39, 0.29) is 16.3 Å². The van der Waals surface area contributed by atoms with Gasteiger partial charge >= 0.3 is 0 Å². The molecular formula is C25H35N4OS-. The van der Waals surface area contributed by atoms with E-state index >= 15 is 0 Å². The molecule has 5 nitrogen and oxygen atoms in total. The molecule has 5 rings (SSSR count). The fourth-order valence-electron chi connectivity index (χ4n) is 5.26. The molecule has 2 saturated heterocycles. The van der Waals surface area contributed by atoms with Gasteiger partial charge in [-0.25, -0.2) is 8.93 Å². The third-order valence-corrected chi connectivity index (χ3v) is 8.54. The van der Waals surface area contributed by atoms with E-state index in [1.807, 2.05) is 44.9 Å². The summed E-state index contributed by atoms with van der Waals surface area (Å²) in [6, 6.07) is 8.62. The van der Waals surface area contributed by atoms with Gasteiger partial charge in [0.2, 0.25) is 0 Å². The molecule has 2 aromatic rings. The van der Waals surface area contributed by atoms with E-state index in [0.29, 0.717) is 0 Å². The van der Waals surface area contributed by atoms with E-state index in [1.165, 1.54) is 18.4 Å². The molecule has 1 aliphatic carbocycles. The van der Waals surface area contributed by atoms with Gasteiger partial charge in [0, 0.05) is 30.9 Å². The Balaban J connectivity index is 1.78. The van der Waals surface area contributed by atoms with E-state index in [4.69, 9.17) is 6.58 Å². The predicted molar refractivity (Wildman–Crippen MR) is 128 cm³/mol. The maximum absolute atomic E-state index is 13.3. The predicted octanol–water partition coefficient (Wildman–Crippen LogP) is 4.41. The van der Waals surface area contributed by atoms with Gasteiger partial charge in [0.15, 0.2) is 0 Å². The van der Waals surface area contributed by atoms with Gasteiger partial charge in [-0.3, -0.25) is 15.7 Å². The summed E-state index contributed by atoms with van der Waals surface area (Å²) in [7, 11) is 0.755. The fourth-order valence-corrected chi connectivity index (χ4v) is 6.19. The van der Waals surface area contributed by atoms with Crippen molar-refractivity contribution in [3.8, 4) is 11.1 Å². The summed E-state index contributed by atoms with van der Waals surface area (Å²) in [5.41, 5.74) is 3.33. The third kappa shape index (κ3) is 4.43. The molecule has 0 spiro atoms. The van der Waals surface area contributed by atoms with Crippen molar-refractivity contribution in [2.75, 3.05) is 13.1 Å². The van der Waals surface area contributed by atoms with Crippen LogP contribution >= 0.6 is 0 Å². The molecule has 1 N–H and O–H groups in total. The van der Waals surface area contributed by atoms with Crippen LogP contribution in [-0.4, -0.2) is 42.3 Å². The van der Waals surface area contributed by atoms with Crippen LogP contribution in [0.5, 0.6) is 0 Å². The van der Waals surface area contributed by atoms with Gasteiger partial charge < -0.3 is 6.58 Å². The van der Waals surface area contributed by atoms with Crippen molar-refractivity contribution >= 4 is 11.0 Å². The topological polar surface area (TPSA) is 50.2 Å². The highest BCUT2D eigenvalue weighted by atomic mass is 32.2. The van der Waals surface area contributed by atoms with E-state index < -0.39 is 11.0 Å². The number of aromatic nitrogens is 2. The van der Waals surface area contributed by atoms with Crippen LogP contribution in [0.15, 0.2) is 42.7 Å². The Kier molecular flexibility index (Phi) is 6.25. The van der Waals surface area contributed by atoms with Crippen LogP contribution in [0.25, 0.3) is 11.1 Å².